The fraction of sp³-hybridized carbons (Fsp3) is 0.444. The average Bonchev–Trinajstić information content (AvgIpc) is 3.24. The first kappa shape index (κ1) is 26.2. The van der Waals surface area contributed by atoms with Crippen LogP contribution in [0.4, 0.5) is 4.79 Å². The maximum absolute atomic E-state index is 13.3. The second-order valence-corrected chi connectivity index (χ2v) is 10.3. The van der Waals surface area contributed by atoms with Gasteiger partial charge in [0.25, 0.3) is 0 Å². The number of methoxy groups -OCH3 is 1. The predicted octanol–water partition coefficient (Wildman–Crippen LogP) is 4.81. The molecular formula is C27H33BrN4O4. The third kappa shape index (κ3) is 6.64. The molecule has 9 heteroatoms. The maximum Gasteiger partial charge on any atom is 0.404 e. The van der Waals surface area contributed by atoms with E-state index in [9.17, 15) is 14.7 Å². The van der Waals surface area contributed by atoms with Crippen LogP contribution in [-0.4, -0.2) is 64.4 Å². The van der Waals surface area contributed by atoms with E-state index in [1.165, 1.54) is 5.69 Å². The first-order chi connectivity index (χ1) is 17.4. The first-order valence-electron chi connectivity index (χ1n) is 12.4. The van der Waals surface area contributed by atoms with Crippen LogP contribution in [0.2, 0.25) is 0 Å². The van der Waals surface area contributed by atoms with Crippen molar-refractivity contribution in [3.8, 4) is 0 Å². The van der Waals surface area contributed by atoms with Crippen molar-refractivity contribution in [3.05, 3.63) is 64.4 Å². The minimum absolute atomic E-state index is 0.0178. The molecule has 1 aliphatic heterocycles. The third-order valence-corrected chi connectivity index (χ3v) is 7.28. The lowest BCUT2D eigenvalue weighted by molar-refractivity contribution is -0.132. The van der Waals surface area contributed by atoms with Gasteiger partial charge >= 0.3 is 6.09 Å². The lowest BCUT2D eigenvalue weighted by Gasteiger charge is -2.34. The summed E-state index contributed by atoms with van der Waals surface area (Å²) in [7, 11) is 1.71. The summed E-state index contributed by atoms with van der Waals surface area (Å²) in [6, 6.07) is 13.5. The van der Waals surface area contributed by atoms with E-state index in [2.05, 4.69) is 42.9 Å². The van der Waals surface area contributed by atoms with Crippen molar-refractivity contribution in [2.24, 2.45) is 0 Å². The highest BCUT2D eigenvalue weighted by atomic mass is 79.9. The van der Waals surface area contributed by atoms with Crippen LogP contribution in [0.1, 0.15) is 42.9 Å². The van der Waals surface area contributed by atoms with Gasteiger partial charge in [-0.05, 0) is 61.6 Å². The van der Waals surface area contributed by atoms with Crippen LogP contribution in [0.25, 0.3) is 11.0 Å². The van der Waals surface area contributed by atoms with Crippen LogP contribution in [0.5, 0.6) is 0 Å². The molecule has 1 aliphatic rings. The largest absolute Gasteiger partial charge is 0.465 e. The number of carbonyl (C=O) groups excluding carboxylic acids is 1. The Morgan fingerprint density at radius 3 is 2.83 bits per heavy atom. The normalized spacial score (nSPS) is 16.7. The third-order valence-electron chi connectivity index (χ3n) is 6.75. The number of pyridine rings is 1. The zero-order valence-electron chi connectivity index (χ0n) is 20.5. The number of amides is 2. The smallest absolute Gasteiger partial charge is 0.404 e. The number of piperidine rings is 1. The molecule has 1 saturated heterocycles. The molecule has 4 rings (SSSR count). The number of carbonyl (C=O) groups is 2. The Morgan fingerprint density at radius 2 is 2.08 bits per heavy atom. The van der Waals surface area contributed by atoms with Crippen LogP contribution in [0.3, 0.4) is 0 Å². The predicted molar refractivity (Wildman–Crippen MR) is 142 cm³/mol. The Labute approximate surface area is 219 Å². The Balaban J connectivity index is 1.48. The number of likely N-dealkylation sites (tertiary alicyclic amines) is 1. The Kier molecular flexibility index (Phi) is 8.98. The van der Waals surface area contributed by atoms with Gasteiger partial charge in [-0.1, -0.05) is 28.1 Å². The number of aryl methyl sites for hydroxylation is 1. The van der Waals surface area contributed by atoms with Gasteiger partial charge in [0.1, 0.15) is 5.65 Å². The fourth-order valence-electron chi connectivity index (χ4n) is 5.09. The van der Waals surface area contributed by atoms with Crippen molar-refractivity contribution in [1.29, 1.82) is 0 Å². The minimum atomic E-state index is -1.12. The summed E-state index contributed by atoms with van der Waals surface area (Å²) in [5.74, 6) is 0.188. The lowest BCUT2D eigenvalue weighted by Crippen LogP contribution is -2.44. The summed E-state index contributed by atoms with van der Waals surface area (Å²) in [6.45, 7) is 2.80. The molecule has 3 heterocycles. The topological polar surface area (TPSA) is 96.7 Å². The molecule has 2 amide bonds. The second-order valence-electron chi connectivity index (χ2n) is 9.34. The quantitative estimate of drug-likeness (QED) is 0.349. The van der Waals surface area contributed by atoms with E-state index in [4.69, 9.17) is 4.74 Å². The summed E-state index contributed by atoms with van der Waals surface area (Å²) >= 11 is 3.42. The van der Waals surface area contributed by atoms with Crippen LogP contribution in [0.15, 0.2) is 53.1 Å². The number of nitrogens with zero attached hydrogens (tertiary/aromatic N) is 3. The van der Waals surface area contributed by atoms with Crippen LogP contribution in [-0.2, 0) is 22.5 Å². The number of fused-ring (bicyclic) bond motifs is 1. The van der Waals surface area contributed by atoms with Gasteiger partial charge in [0.15, 0.2) is 0 Å². The highest BCUT2D eigenvalue weighted by molar-refractivity contribution is 9.10. The minimum Gasteiger partial charge on any atom is -0.465 e. The molecule has 3 aromatic rings. The van der Waals surface area contributed by atoms with Crippen molar-refractivity contribution >= 4 is 39.0 Å². The van der Waals surface area contributed by atoms with Gasteiger partial charge in [-0.25, -0.2) is 9.78 Å². The van der Waals surface area contributed by atoms with Gasteiger partial charge in [-0.2, -0.15) is 0 Å². The van der Waals surface area contributed by atoms with Crippen molar-refractivity contribution in [2.75, 3.05) is 26.8 Å². The summed E-state index contributed by atoms with van der Waals surface area (Å²) < 4.78 is 8.49. The molecule has 36 heavy (non-hydrogen) atoms. The van der Waals surface area contributed by atoms with Gasteiger partial charge in [-0.3, -0.25) is 4.79 Å². The standard InChI is InChI=1S/C27H33BrN4O4/c1-36-14-4-13-32-24(16-20-5-2-11-29-26(20)32)21-6-3-12-31(18-21)25(33)17-23(30-27(34)35)15-19-7-9-22(28)10-8-19/h2,5,7-11,16,21,23,30H,3-4,6,12-15,17-18H2,1H3,(H,34,35)/t21?,23-/m1/s1. The number of carboxylic acid groups (broad SMARTS) is 1. The molecule has 0 spiro atoms. The van der Waals surface area contributed by atoms with Gasteiger partial charge in [0, 0.05) is 73.5 Å². The molecule has 2 atom stereocenters. The number of rotatable bonds is 10. The van der Waals surface area contributed by atoms with Crippen LogP contribution in [0, 0.1) is 0 Å². The Hall–Kier alpha value is -2.91. The van der Waals surface area contributed by atoms with Crippen LogP contribution < -0.4 is 5.32 Å². The molecule has 0 saturated carbocycles. The zero-order valence-corrected chi connectivity index (χ0v) is 22.1. The van der Waals surface area contributed by atoms with Crippen molar-refractivity contribution in [3.63, 3.8) is 0 Å². The van der Waals surface area contributed by atoms with E-state index in [1.807, 2.05) is 41.4 Å². The Morgan fingerprint density at radius 1 is 1.28 bits per heavy atom. The van der Waals surface area contributed by atoms with Crippen molar-refractivity contribution in [1.82, 2.24) is 19.8 Å². The number of hydrogen-bond donors (Lipinski definition) is 2. The molecule has 1 fully saturated rings. The lowest BCUT2D eigenvalue weighted by atomic mass is 9.93. The van der Waals surface area contributed by atoms with E-state index >= 15 is 0 Å². The number of nitrogens with one attached hydrogen (secondary N) is 1. The van der Waals surface area contributed by atoms with E-state index < -0.39 is 12.1 Å². The molecular weight excluding hydrogens is 524 g/mol. The molecule has 0 bridgehead atoms. The van der Waals surface area contributed by atoms with Gasteiger partial charge in [0.05, 0.1) is 0 Å². The molecule has 1 aromatic carbocycles. The maximum atomic E-state index is 13.3. The van der Waals surface area contributed by atoms with Gasteiger partial charge in [0.2, 0.25) is 5.91 Å². The summed E-state index contributed by atoms with van der Waals surface area (Å²) in [4.78, 5) is 31.3. The van der Waals surface area contributed by atoms with Crippen molar-refractivity contribution < 1.29 is 19.4 Å². The highest BCUT2D eigenvalue weighted by Gasteiger charge is 2.29. The number of hydrogen-bond acceptors (Lipinski definition) is 4. The van der Waals surface area contributed by atoms with E-state index in [-0.39, 0.29) is 18.2 Å². The molecule has 2 aromatic heterocycles. The number of ether oxygens (including phenoxy) is 1. The second kappa shape index (κ2) is 12.4. The molecule has 0 aliphatic carbocycles. The SMILES string of the molecule is COCCCn1c(C2CCCN(C(=O)C[C@@H](Cc3ccc(Br)cc3)NC(=O)O)C2)cc2cccnc21. The summed E-state index contributed by atoms with van der Waals surface area (Å²) in [5.41, 5.74) is 3.15. The number of aromatic nitrogens is 2. The van der Waals surface area contributed by atoms with E-state index in [0.717, 1.165) is 46.9 Å². The van der Waals surface area contributed by atoms with Gasteiger partial charge < -0.3 is 24.6 Å². The molecule has 8 nitrogen and oxygen atoms in total. The Bertz CT molecular complexity index is 1180. The fourth-order valence-corrected chi connectivity index (χ4v) is 5.35. The zero-order chi connectivity index (χ0) is 25.5. The number of halogens is 1. The summed E-state index contributed by atoms with van der Waals surface area (Å²) in [6.07, 6.45) is 4.09. The van der Waals surface area contributed by atoms with E-state index in [1.54, 1.807) is 7.11 Å². The number of benzene rings is 1. The highest BCUT2D eigenvalue weighted by Crippen LogP contribution is 2.32. The molecule has 1 unspecified atom stereocenters. The average molecular weight is 557 g/mol. The van der Waals surface area contributed by atoms with Gasteiger partial charge in [-0.15, -0.1) is 0 Å². The first-order valence-corrected chi connectivity index (χ1v) is 13.2. The van der Waals surface area contributed by atoms with Crippen molar-refractivity contribution in [2.45, 2.75) is 50.6 Å². The monoisotopic (exact) mass is 556 g/mol. The van der Waals surface area contributed by atoms with E-state index in [0.29, 0.717) is 26.1 Å². The van der Waals surface area contributed by atoms with Crippen LogP contribution >= 0.6 is 15.9 Å². The molecule has 0 radical (unpaired) electrons. The molecule has 2 N–H and O–H groups in total. The molecule has 192 valence electrons. The summed E-state index contributed by atoms with van der Waals surface area (Å²) in [5, 5.41) is 13.0.